The minimum absolute atomic E-state index is 0.0349. The Kier molecular flexibility index (Phi) is 7.17. The number of ether oxygens (including phenoxy) is 1. The van der Waals surface area contributed by atoms with Gasteiger partial charge in [0.15, 0.2) is 0 Å². The maximum Gasteiger partial charge on any atom is 0.416 e. The Morgan fingerprint density at radius 1 is 1.26 bits per heavy atom. The van der Waals surface area contributed by atoms with Crippen molar-refractivity contribution >= 4 is 23.8 Å². The predicted octanol–water partition coefficient (Wildman–Crippen LogP) is 4.26. The fourth-order valence-electron chi connectivity index (χ4n) is 5.50. The first-order valence-electron chi connectivity index (χ1n) is 13.2. The van der Waals surface area contributed by atoms with Crippen LogP contribution in [-0.4, -0.2) is 64.1 Å². The molecule has 0 bridgehead atoms. The highest BCUT2D eigenvalue weighted by molar-refractivity contribution is 5.90. The molecule has 2 aromatic rings. The second-order valence-corrected chi connectivity index (χ2v) is 11.0. The first kappa shape index (κ1) is 27.2. The Hall–Kier alpha value is -3.41. The number of rotatable bonds is 8. The van der Waals surface area contributed by atoms with Crippen molar-refractivity contribution in [3.8, 4) is 0 Å². The van der Waals surface area contributed by atoms with Gasteiger partial charge in [-0.3, -0.25) is 14.6 Å². The van der Waals surface area contributed by atoms with Crippen molar-refractivity contribution < 1.29 is 27.5 Å². The van der Waals surface area contributed by atoms with E-state index in [9.17, 15) is 18.4 Å². The van der Waals surface area contributed by atoms with Gasteiger partial charge in [-0.2, -0.15) is 4.98 Å². The first-order valence-corrected chi connectivity index (χ1v) is 13.2. The third kappa shape index (κ3) is 5.66. The Labute approximate surface area is 225 Å². The number of piperidine rings is 1. The Balaban J connectivity index is 1.24. The number of alkyl halides is 2. The van der Waals surface area contributed by atoms with Crippen molar-refractivity contribution in [2.24, 2.45) is 5.92 Å². The van der Waals surface area contributed by atoms with Crippen LogP contribution < -0.4 is 15.5 Å². The summed E-state index contributed by atoms with van der Waals surface area (Å²) in [6.07, 6.45) is 3.29. The van der Waals surface area contributed by atoms with Gasteiger partial charge in [-0.1, -0.05) is 12.1 Å². The highest BCUT2D eigenvalue weighted by atomic mass is 19.3. The molecule has 3 fully saturated rings. The molecule has 39 heavy (non-hydrogen) atoms. The molecule has 5 rings (SSSR count). The lowest BCUT2D eigenvalue weighted by molar-refractivity contribution is -0.129. The molecule has 2 amide bonds. The monoisotopic (exact) mass is 546 g/mol. The lowest BCUT2D eigenvalue weighted by Gasteiger charge is -2.38. The summed E-state index contributed by atoms with van der Waals surface area (Å²) in [5, 5.41) is 5.46. The quantitative estimate of drug-likeness (QED) is 0.511. The number of nitrogens with one attached hydrogen (secondary N) is 2. The third-order valence-corrected chi connectivity index (χ3v) is 7.88. The number of hydrogen-bond acceptors (Lipinski definition) is 7. The van der Waals surface area contributed by atoms with Crippen LogP contribution in [0, 0.1) is 11.7 Å². The summed E-state index contributed by atoms with van der Waals surface area (Å²) in [5.74, 6) is -3.00. The van der Waals surface area contributed by atoms with Gasteiger partial charge in [0.25, 0.3) is 5.92 Å². The molecule has 12 heteroatoms. The van der Waals surface area contributed by atoms with Crippen LogP contribution in [0.4, 0.5) is 29.7 Å². The summed E-state index contributed by atoms with van der Waals surface area (Å²) in [7, 11) is 0. The zero-order chi connectivity index (χ0) is 27.9. The molecule has 1 aliphatic carbocycles. The number of cyclic esters (lactones) is 1. The largest absolute Gasteiger partial charge is 0.447 e. The zero-order valence-electron chi connectivity index (χ0n) is 22.2. The summed E-state index contributed by atoms with van der Waals surface area (Å²) in [6.45, 7) is 5.16. The van der Waals surface area contributed by atoms with Gasteiger partial charge in [0, 0.05) is 31.8 Å². The van der Waals surface area contributed by atoms with Gasteiger partial charge in [-0.05, 0) is 56.7 Å². The number of hydrogen-bond donors (Lipinski definition) is 2. The molecule has 3 heterocycles. The first-order chi connectivity index (χ1) is 18.5. The van der Waals surface area contributed by atoms with Crippen molar-refractivity contribution in [2.75, 3.05) is 29.9 Å². The van der Waals surface area contributed by atoms with Crippen molar-refractivity contribution in [3.05, 3.63) is 47.4 Å². The van der Waals surface area contributed by atoms with Crippen LogP contribution in [0.25, 0.3) is 0 Å². The van der Waals surface area contributed by atoms with Crippen molar-refractivity contribution in [2.45, 2.75) is 70.1 Å². The van der Waals surface area contributed by atoms with E-state index in [2.05, 4.69) is 20.6 Å². The number of likely N-dealkylation sites (tertiary alicyclic amines) is 1. The fraction of sp³-hybridized carbons (Fsp3) is 0.556. The average Bonchev–Trinajstić information content (AvgIpc) is 3.67. The SMILES string of the molecule is CC(=O)NC1CCN(Cc2ccc([C@H](C)Nc3nccc(N4C(=O)OCC4(C)C4CC4)n3)cc2F)CC1(F)F. The van der Waals surface area contributed by atoms with Gasteiger partial charge in [0.1, 0.15) is 18.2 Å². The van der Waals surface area contributed by atoms with Crippen LogP contribution in [0.3, 0.4) is 0 Å². The van der Waals surface area contributed by atoms with E-state index < -0.39 is 41.9 Å². The summed E-state index contributed by atoms with van der Waals surface area (Å²) in [5.41, 5.74) is 0.490. The normalized spacial score (nSPS) is 25.7. The maximum absolute atomic E-state index is 15.0. The molecule has 2 N–H and O–H groups in total. The van der Waals surface area contributed by atoms with Gasteiger partial charge in [0.05, 0.1) is 24.2 Å². The highest BCUT2D eigenvalue weighted by Gasteiger charge is 2.54. The summed E-state index contributed by atoms with van der Waals surface area (Å²) < 4.78 is 49.4. The van der Waals surface area contributed by atoms with E-state index in [1.807, 2.05) is 13.8 Å². The molecule has 0 radical (unpaired) electrons. The minimum Gasteiger partial charge on any atom is -0.447 e. The van der Waals surface area contributed by atoms with E-state index in [4.69, 9.17) is 4.74 Å². The molecule has 1 aromatic carbocycles. The number of halogens is 3. The van der Waals surface area contributed by atoms with E-state index in [-0.39, 0.29) is 25.0 Å². The number of amides is 2. The number of carbonyl (C=O) groups is 2. The van der Waals surface area contributed by atoms with E-state index in [1.165, 1.54) is 17.9 Å². The maximum atomic E-state index is 15.0. The predicted molar refractivity (Wildman–Crippen MR) is 138 cm³/mol. The molecule has 1 aromatic heterocycles. The number of nitrogens with zero attached hydrogens (tertiary/aromatic N) is 4. The van der Waals surface area contributed by atoms with Crippen molar-refractivity contribution in [3.63, 3.8) is 0 Å². The smallest absolute Gasteiger partial charge is 0.416 e. The topological polar surface area (TPSA) is 99.7 Å². The number of anilines is 2. The third-order valence-electron chi connectivity index (χ3n) is 7.88. The van der Waals surface area contributed by atoms with Gasteiger partial charge in [-0.25, -0.2) is 22.9 Å². The second kappa shape index (κ2) is 10.3. The van der Waals surface area contributed by atoms with Crippen molar-refractivity contribution in [1.82, 2.24) is 20.2 Å². The summed E-state index contributed by atoms with van der Waals surface area (Å²) in [4.78, 5) is 35.6. The van der Waals surface area contributed by atoms with Crippen LogP contribution in [-0.2, 0) is 16.1 Å². The van der Waals surface area contributed by atoms with Crippen LogP contribution >= 0.6 is 0 Å². The zero-order valence-corrected chi connectivity index (χ0v) is 22.2. The average molecular weight is 547 g/mol. The molecular formula is C27H33F3N6O3. The van der Waals surface area contributed by atoms with Gasteiger partial charge < -0.3 is 15.4 Å². The Morgan fingerprint density at radius 2 is 2.03 bits per heavy atom. The molecule has 3 atom stereocenters. The molecule has 1 saturated carbocycles. The van der Waals surface area contributed by atoms with E-state index in [0.717, 1.165) is 12.8 Å². The molecule has 210 valence electrons. The van der Waals surface area contributed by atoms with Crippen LogP contribution in [0.1, 0.15) is 57.2 Å². The van der Waals surface area contributed by atoms with Gasteiger partial charge >= 0.3 is 6.09 Å². The van der Waals surface area contributed by atoms with Gasteiger partial charge in [-0.15, -0.1) is 0 Å². The highest BCUT2D eigenvalue weighted by Crippen LogP contribution is 2.47. The van der Waals surface area contributed by atoms with Crippen LogP contribution in [0.5, 0.6) is 0 Å². The molecule has 3 aliphatic rings. The summed E-state index contributed by atoms with van der Waals surface area (Å²) in [6, 6.07) is 4.79. The van der Waals surface area contributed by atoms with Gasteiger partial charge in [0.2, 0.25) is 11.9 Å². The number of carbonyl (C=O) groups excluding carboxylic acids is 2. The molecule has 2 saturated heterocycles. The molecular weight excluding hydrogens is 513 g/mol. The molecule has 0 spiro atoms. The Morgan fingerprint density at radius 3 is 2.69 bits per heavy atom. The lowest BCUT2D eigenvalue weighted by atomic mass is 9.96. The lowest BCUT2D eigenvalue weighted by Crippen LogP contribution is -2.57. The second-order valence-electron chi connectivity index (χ2n) is 11.0. The molecule has 2 unspecified atom stereocenters. The van der Waals surface area contributed by atoms with Crippen molar-refractivity contribution in [1.29, 1.82) is 0 Å². The Bertz CT molecular complexity index is 1260. The molecule has 2 aliphatic heterocycles. The summed E-state index contributed by atoms with van der Waals surface area (Å²) >= 11 is 0. The minimum atomic E-state index is -3.10. The number of benzene rings is 1. The van der Waals surface area contributed by atoms with E-state index >= 15 is 4.39 Å². The fourth-order valence-corrected chi connectivity index (χ4v) is 5.50. The standard InChI is InChI=1S/C27H33F3N6O3/c1-16(32-24-31-10-8-23(34-24)36-25(38)39-15-26(36,3)20-6-7-20)18-4-5-19(21(28)12-18)13-35-11-9-22(33-17(2)37)27(29,30)14-35/h4-5,8,10,12,16,20,22H,6-7,9,11,13-15H2,1-3H3,(H,33,37)(H,31,32,34)/t16-,22?,26?/m0/s1. The molecule has 9 nitrogen and oxygen atoms in total. The number of aromatic nitrogens is 2. The van der Waals surface area contributed by atoms with Crippen LogP contribution in [0.2, 0.25) is 0 Å². The van der Waals surface area contributed by atoms with Crippen LogP contribution in [0.15, 0.2) is 30.5 Å². The van der Waals surface area contributed by atoms with E-state index in [1.54, 1.807) is 29.3 Å². The van der Waals surface area contributed by atoms with E-state index in [0.29, 0.717) is 36.0 Å².